The summed E-state index contributed by atoms with van der Waals surface area (Å²) in [6, 6.07) is 0. The number of likely N-dealkylation sites (tertiary alicyclic amines) is 1. The second-order valence-electron chi connectivity index (χ2n) is 6.53. The van der Waals surface area contributed by atoms with Gasteiger partial charge in [0.25, 0.3) is 0 Å². The summed E-state index contributed by atoms with van der Waals surface area (Å²) in [4.78, 5) is 2.55. The Morgan fingerprint density at radius 3 is 2.53 bits per heavy atom. The second kappa shape index (κ2) is 7.61. The Bertz CT molecular complexity index is 247. The number of hydrogen-bond donors (Lipinski definition) is 1. The molecule has 1 heterocycles. The number of rotatable bonds is 5. The van der Waals surface area contributed by atoms with Crippen molar-refractivity contribution in [2.24, 2.45) is 5.41 Å². The Balaban J connectivity index is 1.89. The fourth-order valence-corrected chi connectivity index (χ4v) is 3.85. The van der Waals surface area contributed by atoms with Gasteiger partial charge >= 0.3 is 0 Å². The topological polar surface area (TPSA) is 32.7 Å². The zero-order valence-electron chi connectivity index (χ0n) is 12.6. The smallest absolute Gasteiger partial charge is 0.0702 e. The quantitative estimate of drug-likeness (QED) is 0.779. The lowest BCUT2D eigenvalue weighted by molar-refractivity contribution is -0.0184. The molecule has 1 aliphatic carbocycles. The molecule has 3 nitrogen and oxygen atoms in total. The van der Waals surface area contributed by atoms with Gasteiger partial charge < -0.3 is 14.7 Å². The van der Waals surface area contributed by atoms with Crippen molar-refractivity contribution in [1.29, 1.82) is 0 Å². The van der Waals surface area contributed by atoms with E-state index in [0.29, 0.717) is 12.7 Å². The lowest BCUT2D eigenvalue weighted by Crippen LogP contribution is -2.46. The Labute approximate surface area is 118 Å². The summed E-state index contributed by atoms with van der Waals surface area (Å²) < 4.78 is 5.79. The molecule has 112 valence electrons. The molecular formula is C16H31NO2. The molecule has 0 spiro atoms. The molecule has 1 aliphatic heterocycles. The highest BCUT2D eigenvalue weighted by atomic mass is 16.5. The third kappa shape index (κ3) is 4.44. The van der Waals surface area contributed by atoms with Gasteiger partial charge in [0, 0.05) is 31.7 Å². The molecular weight excluding hydrogens is 238 g/mol. The van der Waals surface area contributed by atoms with Gasteiger partial charge in [0.1, 0.15) is 0 Å². The molecule has 2 aliphatic rings. The molecule has 0 radical (unpaired) electrons. The fraction of sp³-hybridized carbons (Fsp3) is 1.00. The normalized spacial score (nSPS) is 29.1. The summed E-state index contributed by atoms with van der Waals surface area (Å²) in [7, 11) is 0. The Morgan fingerprint density at radius 2 is 1.89 bits per heavy atom. The standard InChI is InChI=1S/C16H31NO2/c1-2-19-15-8-7-11-17(12-15)13-16(14-18)9-5-3-4-6-10-16/h15,18H,2-14H2,1H3. The lowest BCUT2D eigenvalue weighted by Gasteiger charge is -2.40. The minimum absolute atomic E-state index is 0.171. The highest BCUT2D eigenvalue weighted by molar-refractivity contribution is 4.86. The number of hydrogen-bond acceptors (Lipinski definition) is 3. The third-order valence-corrected chi connectivity index (χ3v) is 4.92. The minimum atomic E-state index is 0.171. The molecule has 1 unspecified atom stereocenters. The van der Waals surface area contributed by atoms with Crippen LogP contribution in [0.2, 0.25) is 0 Å². The maximum atomic E-state index is 9.91. The Kier molecular flexibility index (Phi) is 6.11. The maximum absolute atomic E-state index is 9.91. The average molecular weight is 269 g/mol. The SMILES string of the molecule is CCOC1CCCN(CC2(CO)CCCCCC2)C1. The molecule has 0 aromatic heterocycles. The van der Waals surface area contributed by atoms with Crippen LogP contribution in [0.1, 0.15) is 58.3 Å². The number of nitrogens with zero attached hydrogens (tertiary/aromatic N) is 1. The van der Waals surface area contributed by atoms with Crippen LogP contribution in [0.25, 0.3) is 0 Å². The van der Waals surface area contributed by atoms with Crippen LogP contribution in [0.5, 0.6) is 0 Å². The van der Waals surface area contributed by atoms with E-state index in [1.54, 1.807) is 0 Å². The highest BCUT2D eigenvalue weighted by Gasteiger charge is 2.33. The van der Waals surface area contributed by atoms with Gasteiger partial charge in [-0.2, -0.15) is 0 Å². The predicted octanol–water partition coefficient (Wildman–Crippen LogP) is 2.82. The predicted molar refractivity (Wildman–Crippen MR) is 78.3 cm³/mol. The van der Waals surface area contributed by atoms with Gasteiger partial charge in [-0.3, -0.25) is 0 Å². The monoisotopic (exact) mass is 269 g/mol. The Hall–Kier alpha value is -0.120. The van der Waals surface area contributed by atoms with Gasteiger partial charge in [0.05, 0.1) is 6.10 Å². The summed E-state index contributed by atoms with van der Waals surface area (Å²) in [6.45, 7) is 6.60. The first kappa shape index (κ1) is 15.3. The van der Waals surface area contributed by atoms with E-state index in [4.69, 9.17) is 4.74 Å². The molecule has 1 saturated heterocycles. The summed E-state index contributed by atoms with van der Waals surface area (Å²) >= 11 is 0. The number of aliphatic hydroxyl groups excluding tert-OH is 1. The van der Waals surface area contributed by atoms with Crippen molar-refractivity contribution in [1.82, 2.24) is 4.90 Å². The van der Waals surface area contributed by atoms with E-state index in [-0.39, 0.29) is 5.41 Å². The zero-order valence-corrected chi connectivity index (χ0v) is 12.6. The van der Waals surface area contributed by atoms with Crippen LogP contribution < -0.4 is 0 Å². The summed E-state index contributed by atoms with van der Waals surface area (Å²) in [5.41, 5.74) is 0.171. The fourth-order valence-electron chi connectivity index (χ4n) is 3.85. The second-order valence-corrected chi connectivity index (χ2v) is 6.53. The zero-order chi connectivity index (χ0) is 13.6. The molecule has 0 aromatic carbocycles. The molecule has 3 heteroatoms. The first-order valence-corrected chi connectivity index (χ1v) is 8.23. The van der Waals surface area contributed by atoms with E-state index in [0.717, 1.165) is 19.7 Å². The van der Waals surface area contributed by atoms with E-state index in [1.807, 2.05) is 0 Å². The van der Waals surface area contributed by atoms with Crippen LogP contribution in [0.3, 0.4) is 0 Å². The summed E-state index contributed by atoms with van der Waals surface area (Å²) in [6.07, 6.45) is 10.6. The third-order valence-electron chi connectivity index (χ3n) is 4.92. The maximum Gasteiger partial charge on any atom is 0.0702 e. The van der Waals surface area contributed by atoms with E-state index < -0.39 is 0 Å². The van der Waals surface area contributed by atoms with E-state index in [9.17, 15) is 5.11 Å². The molecule has 1 saturated carbocycles. The van der Waals surface area contributed by atoms with Gasteiger partial charge in [0.15, 0.2) is 0 Å². The number of piperidine rings is 1. The number of aliphatic hydroxyl groups is 1. The minimum Gasteiger partial charge on any atom is -0.396 e. The molecule has 0 aromatic rings. The van der Waals surface area contributed by atoms with Crippen molar-refractivity contribution in [3.05, 3.63) is 0 Å². The molecule has 19 heavy (non-hydrogen) atoms. The summed E-state index contributed by atoms with van der Waals surface area (Å²) in [5.74, 6) is 0. The van der Waals surface area contributed by atoms with Gasteiger partial charge in [-0.25, -0.2) is 0 Å². The van der Waals surface area contributed by atoms with Crippen molar-refractivity contribution in [3.8, 4) is 0 Å². The van der Waals surface area contributed by atoms with Gasteiger partial charge in [-0.05, 0) is 39.2 Å². The van der Waals surface area contributed by atoms with Gasteiger partial charge in [0.2, 0.25) is 0 Å². The molecule has 0 bridgehead atoms. The molecule has 0 amide bonds. The average Bonchev–Trinajstić information content (AvgIpc) is 2.66. The first-order valence-electron chi connectivity index (χ1n) is 8.23. The van der Waals surface area contributed by atoms with Crippen molar-refractivity contribution >= 4 is 0 Å². The van der Waals surface area contributed by atoms with Crippen LogP contribution in [0, 0.1) is 5.41 Å². The summed E-state index contributed by atoms with van der Waals surface area (Å²) in [5, 5.41) is 9.91. The molecule has 2 rings (SSSR count). The van der Waals surface area contributed by atoms with Gasteiger partial charge in [-0.15, -0.1) is 0 Å². The van der Waals surface area contributed by atoms with Crippen LogP contribution in [0.15, 0.2) is 0 Å². The largest absolute Gasteiger partial charge is 0.396 e. The van der Waals surface area contributed by atoms with Crippen molar-refractivity contribution < 1.29 is 9.84 Å². The van der Waals surface area contributed by atoms with E-state index in [2.05, 4.69) is 11.8 Å². The van der Waals surface area contributed by atoms with Crippen molar-refractivity contribution in [2.45, 2.75) is 64.4 Å². The van der Waals surface area contributed by atoms with Gasteiger partial charge in [-0.1, -0.05) is 25.7 Å². The molecule has 1 N–H and O–H groups in total. The molecule has 2 fully saturated rings. The van der Waals surface area contributed by atoms with Crippen LogP contribution in [0.4, 0.5) is 0 Å². The van der Waals surface area contributed by atoms with Crippen molar-refractivity contribution in [3.63, 3.8) is 0 Å². The van der Waals surface area contributed by atoms with Crippen LogP contribution >= 0.6 is 0 Å². The van der Waals surface area contributed by atoms with Crippen molar-refractivity contribution in [2.75, 3.05) is 32.8 Å². The first-order chi connectivity index (χ1) is 9.28. The van der Waals surface area contributed by atoms with Crippen LogP contribution in [-0.4, -0.2) is 49.0 Å². The number of ether oxygens (including phenoxy) is 1. The van der Waals surface area contributed by atoms with E-state index >= 15 is 0 Å². The molecule has 1 atom stereocenters. The Morgan fingerprint density at radius 1 is 1.16 bits per heavy atom. The highest BCUT2D eigenvalue weighted by Crippen LogP contribution is 2.36. The van der Waals surface area contributed by atoms with E-state index in [1.165, 1.54) is 57.9 Å². The van der Waals surface area contributed by atoms with Crippen LogP contribution in [-0.2, 0) is 4.74 Å². The lowest BCUT2D eigenvalue weighted by atomic mass is 9.80.